The Morgan fingerprint density at radius 2 is 2.08 bits per heavy atom. The second-order valence-corrected chi connectivity index (χ2v) is 8.35. The highest BCUT2D eigenvalue weighted by molar-refractivity contribution is 8.67. The van der Waals surface area contributed by atoms with Gasteiger partial charge in [0.05, 0.1) is 6.61 Å². The van der Waals surface area contributed by atoms with Gasteiger partial charge >= 0.3 is 0 Å². The maximum atomic E-state index is 9.63. The van der Waals surface area contributed by atoms with Crippen LogP contribution in [0.1, 0.15) is 6.92 Å². The van der Waals surface area contributed by atoms with E-state index in [4.69, 9.17) is 16.3 Å². The van der Waals surface area contributed by atoms with Crippen LogP contribution in [-0.4, -0.2) is 11.5 Å². The third-order valence-electron chi connectivity index (χ3n) is 1.26. The maximum absolute atomic E-state index is 9.63. The minimum Gasteiger partial charge on any atom is -0.337 e. The lowest BCUT2D eigenvalue weighted by Crippen LogP contribution is -1.83. The van der Waals surface area contributed by atoms with Gasteiger partial charge in [0, 0.05) is 4.90 Å². The van der Waals surface area contributed by atoms with Gasteiger partial charge in [-0.15, -0.1) is 0 Å². The molecular weight excluding hydrogens is 223 g/mol. The smallest absolute Gasteiger partial charge is 0.249 e. The molecule has 0 spiro atoms. The predicted octanol–water partition coefficient (Wildman–Crippen LogP) is 3.03. The van der Waals surface area contributed by atoms with E-state index in [1.807, 2.05) is 37.3 Å². The van der Waals surface area contributed by atoms with Crippen LogP contribution in [-0.2, 0) is 16.3 Å². The summed E-state index contributed by atoms with van der Waals surface area (Å²) in [7, 11) is 0. The fourth-order valence-electron chi connectivity index (χ4n) is 0.804. The summed E-state index contributed by atoms with van der Waals surface area (Å²) in [4.78, 5) is 10.6. The molecule has 0 saturated heterocycles. The van der Waals surface area contributed by atoms with Crippen LogP contribution in [0.5, 0.6) is 0 Å². The molecule has 1 atom stereocenters. The summed E-state index contributed by atoms with van der Waals surface area (Å²) >= 11 is 6.16. The van der Waals surface area contributed by atoms with Gasteiger partial charge in [-0.05, 0) is 42.2 Å². The summed E-state index contributed by atoms with van der Waals surface area (Å²) in [5, 5.41) is 0. The van der Waals surface area contributed by atoms with Crippen LogP contribution in [0.4, 0.5) is 0 Å². The first-order valence-electron chi connectivity index (χ1n) is 3.86. The molecule has 1 N–H and O–H groups in total. The van der Waals surface area contributed by atoms with E-state index in [2.05, 4.69) is 0 Å². The minimum absolute atomic E-state index is 0.452. The van der Waals surface area contributed by atoms with Crippen molar-refractivity contribution in [2.45, 2.75) is 11.8 Å². The molecule has 0 aliphatic carbocycles. The molecule has 1 aromatic rings. The fraction of sp³-hybridized carbons (Fsp3) is 0.250. The third kappa shape index (κ3) is 4.25. The molecule has 0 saturated carbocycles. The third-order valence-corrected chi connectivity index (χ3v) is 5.18. The second kappa shape index (κ2) is 5.13. The Hall–Kier alpha value is 0.140. The Balaban J connectivity index is 2.64. The highest BCUT2D eigenvalue weighted by Crippen LogP contribution is 2.59. The Morgan fingerprint density at radius 1 is 1.46 bits per heavy atom. The Labute approximate surface area is 87.2 Å². The molecule has 1 unspecified atom stereocenters. The van der Waals surface area contributed by atoms with E-state index in [9.17, 15) is 4.89 Å². The van der Waals surface area contributed by atoms with E-state index >= 15 is 0 Å². The highest BCUT2D eigenvalue weighted by Gasteiger charge is 2.14. The molecule has 1 rings (SSSR count). The average molecular weight is 234 g/mol. The molecule has 13 heavy (non-hydrogen) atoms. The standard InChI is InChI=1S/C8H11O2PS2/c1-2-10-11(9,12)13-8-6-4-3-5-7-8/h3-7H,2H2,1H3,(H,9,12). The van der Waals surface area contributed by atoms with Crippen molar-refractivity contribution < 1.29 is 9.42 Å². The first kappa shape index (κ1) is 11.2. The lowest BCUT2D eigenvalue weighted by Gasteiger charge is -2.12. The van der Waals surface area contributed by atoms with Crippen LogP contribution in [0.15, 0.2) is 35.2 Å². The second-order valence-electron chi connectivity index (χ2n) is 2.29. The van der Waals surface area contributed by atoms with E-state index in [0.29, 0.717) is 6.61 Å². The molecule has 0 heterocycles. The zero-order valence-electron chi connectivity index (χ0n) is 7.21. The predicted molar refractivity (Wildman–Crippen MR) is 60.4 cm³/mol. The van der Waals surface area contributed by atoms with E-state index in [-0.39, 0.29) is 0 Å². The molecule has 5 heteroatoms. The lowest BCUT2D eigenvalue weighted by molar-refractivity contribution is 0.341. The summed E-state index contributed by atoms with van der Waals surface area (Å²) < 4.78 is 5.08. The van der Waals surface area contributed by atoms with Gasteiger partial charge in [-0.2, -0.15) is 0 Å². The van der Waals surface area contributed by atoms with Crippen LogP contribution < -0.4 is 0 Å². The van der Waals surface area contributed by atoms with Gasteiger partial charge in [0.1, 0.15) is 0 Å². The first-order valence-corrected chi connectivity index (χ1v) is 7.95. The molecule has 0 radical (unpaired) electrons. The number of benzene rings is 1. The van der Waals surface area contributed by atoms with Gasteiger partial charge in [-0.3, -0.25) is 0 Å². The summed E-state index contributed by atoms with van der Waals surface area (Å²) in [6, 6.07) is 9.54. The van der Waals surface area contributed by atoms with Gasteiger partial charge < -0.3 is 9.42 Å². The van der Waals surface area contributed by atoms with Crippen LogP contribution >= 0.6 is 17.1 Å². The Bertz CT molecular complexity index is 302. The van der Waals surface area contributed by atoms with Crippen LogP contribution in [0.25, 0.3) is 0 Å². The molecular formula is C8H11O2PS2. The summed E-state index contributed by atoms with van der Waals surface area (Å²) in [5.41, 5.74) is -2.66. The van der Waals surface area contributed by atoms with Crippen molar-refractivity contribution in [3.8, 4) is 0 Å². The van der Waals surface area contributed by atoms with E-state index in [1.165, 1.54) is 11.4 Å². The fourth-order valence-corrected chi connectivity index (χ4v) is 4.46. The van der Waals surface area contributed by atoms with Gasteiger partial charge in [0.2, 0.25) is 5.69 Å². The van der Waals surface area contributed by atoms with Crippen molar-refractivity contribution in [3.05, 3.63) is 30.3 Å². The van der Waals surface area contributed by atoms with Crippen molar-refractivity contribution >= 4 is 28.9 Å². The molecule has 0 aliphatic heterocycles. The molecule has 72 valence electrons. The van der Waals surface area contributed by atoms with Crippen molar-refractivity contribution in [2.24, 2.45) is 0 Å². The van der Waals surface area contributed by atoms with Crippen LogP contribution in [0.2, 0.25) is 0 Å². The van der Waals surface area contributed by atoms with Crippen molar-refractivity contribution in [3.63, 3.8) is 0 Å². The van der Waals surface area contributed by atoms with Gasteiger partial charge in [0.15, 0.2) is 0 Å². The topological polar surface area (TPSA) is 29.5 Å². The average Bonchev–Trinajstić information content (AvgIpc) is 2.04. The largest absolute Gasteiger partial charge is 0.337 e. The molecule has 1 aromatic carbocycles. The minimum atomic E-state index is -2.66. The van der Waals surface area contributed by atoms with Crippen molar-refractivity contribution in [1.82, 2.24) is 0 Å². The summed E-state index contributed by atoms with van der Waals surface area (Å²) in [6.45, 7) is 2.27. The van der Waals surface area contributed by atoms with E-state index in [1.54, 1.807) is 0 Å². The van der Waals surface area contributed by atoms with Gasteiger partial charge in [0.25, 0.3) is 0 Å². The summed E-state index contributed by atoms with van der Waals surface area (Å²) in [5.74, 6) is 0. The van der Waals surface area contributed by atoms with E-state index in [0.717, 1.165) is 4.90 Å². The number of hydrogen-bond donors (Lipinski definition) is 1. The maximum Gasteiger partial charge on any atom is 0.249 e. The van der Waals surface area contributed by atoms with Crippen molar-refractivity contribution in [1.29, 1.82) is 0 Å². The van der Waals surface area contributed by atoms with Gasteiger partial charge in [-0.1, -0.05) is 18.2 Å². The quantitative estimate of drug-likeness (QED) is 0.811. The molecule has 0 amide bonds. The van der Waals surface area contributed by atoms with E-state index < -0.39 is 5.69 Å². The monoisotopic (exact) mass is 234 g/mol. The summed E-state index contributed by atoms with van der Waals surface area (Å²) in [6.07, 6.45) is 0. The van der Waals surface area contributed by atoms with Crippen LogP contribution in [0.3, 0.4) is 0 Å². The normalized spacial score (nSPS) is 15.2. The highest BCUT2D eigenvalue weighted by atomic mass is 32.9. The lowest BCUT2D eigenvalue weighted by atomic mass is 10.4. The zero-order chi connectivity index (χ0) is 9.73. The molecule has 0 aromatic heterocycles. The number of hydrogen-bond acceptors (Lipinski definition) is 3. The molecule has 2 nitrogen and oxygen atoms in total. The molecule has 0 bridgehead atoms. The molecule has 0 aliphatic rings. The first-order chi connectivity index (χ1) is 6.14. The SMILES string of the molecule is CCOP(O)(=S)Sc1ccccc1. The number of rotatable bonds is 4. The van der Waals surface area contributed by atoms with Gasteiger partial charge in [-0.25, -0.2) is 0 Å². The molecule has 0 fully saturated rings. The van der Waals surface area contributed by atoms with Crippen molar-refractivity contribution in [2.75, 3.05) is 6.61 Å². The Morgan fingerprint density at radius 3 is 2.62 bits per heavy atom. The Kier molecular flexibility index (Phi) is 4.42. The zero-order valence-corrected chi connectivity index (χ0v) is 9.74. The van der Waals surface area contributed by atoms with Crippen LogP contribution in [0, 0.1) is 0 Å².